The van der Waals surface area contributed by atoms with Gasteiger partial charge in [0.05, 0.1) is 11.4 Å². The number of nitrogens with zero attached hydrogens (tertiary/aromatic N) is 2. The maximum atomic E-state index is 13.9. The molecule has 3 rings (SSSR count). The van der Waals surface area contributed by atoms with Crippen LogP contribution in [0.4, 0.5) is 8.78 Å². The molecule has 2 nitrogen and oxygen atoms in total. The predicted octanol–water partition coefficient (Wildman–Crippen LogP) is 4.60. The smallest absolute Gasteiger partial charge is 0.153 e. The van der Waals surface area contributed by atoms with Crippen LogP contribution < -0.4 is 0 Å². The van der Waals surface area contributed by atoms with Gasteiger partial charge in [0.15, 0.2) is 5.82 Å². The lowest BCUT2D eigenvalue weighted by Gasteiger charge is -2.08. The van der Waals surface area contributed by atoms with Crippen LogP contribution in [0.1, 0.15) is 18.3 Å². The normalized spacial score (nSPS) is 11.2. The number of aromatic nitrogens is 2. The van der Waals surface area contributed by atoms with Crippen molar-refractivity contribution in [2.75, 3.05) is 0 Å². The fourth-order valence-corrected chi connectivity index (χ4v) is 2.59. The van der Waals surface area contributed by atoms with E-state index in [0.29, 0.717) is 11.3 Å². The third-order valence-corrected chi connectivity index (χ3v) is 3.71. The van der Waals surface area contributed by atoms with Crippen LogP contribution in [0.3, 0.4) is 0 Å². The molecule has 5 heteroatoms. The number of benzene rings is 2. The first-order chi connectivity index (χ1) is 10.1. The maximum Gasteiger partial charge on any atom is 0.153 e. The van der Waals surface area contributed by atoms with E-state index < -0.39 is 11.6 Å². The summed E-state index contributed by atoms with van der Waals surface area (Å²) >= 11 is 5.90. The van der Waals surface area contributed by atoms with Crippen molar-refractivity contribution in [3.8, 4) is 5.69 Å². The standard InChI is InChI=1S/C16H13ClF2N2/c1-2-10-3-5-12(6-4-10)21-14-8-11(18)7-13(19)16(14)20-15(21)9-17/h3-8H,2,9H2,1H3. The van der Waals surface area contributed by atoms with E-state index in [4.69, 9.17) is 11.6 Å². The molecule has 0 aliphatic heterocycles. The number of imidazole rings is 1. The number of rotatable bonds is 3. The quantitative estimate of drug-likeness (QED) is 0.646. The summed E-state index contributed by atoms with van der Waals surface area (Å²) in [4.78, 5) is 4.18. The van der Waals surface area contributed by atoms with Crippen LogP contribution in [-0.2, 0) is 12.3 Å². The van der Waals surface area contributed by atoms with E-state index in [1.54, 1.807) is 4.57 Å². The van der Waals surface area contributed by atoms with Gasteiger partial charge < -0.3 is 0 Å². The lowest BCUT2D eigenvalue weighted by atomic mass is 10.1. The molecule has 1 heterocycles. The Labute approximate surface area is 126 Å². The molecule has 2 aromatic carbocycles. The highest BCUT2D eigenvalue weighted by Crippen LogP contribution is 2.26. The molecule has 0 N–H and O–H groups in total. The van der Waals surface area contributed by atoms with E-state index in [2.05, 4.69) is 11.9 Å². The van der Waals surface area contributed by atoms with Crippen molar-refractivity contribution < 1.29 is 8.78 Å². The zero-order valence-corrected chi connectivity index (χ0v) is 12.2. The molecular formula is C16H13ClF2N2. The molecule has 0 atom stereocenters. The number of aryl methyl sites for hydroxylation is 1. The Hall–Kier alpha value is -1.94. The first kappa shape index (κ1) is 14.0. The lowest BCUT2D eigenvalue weighted by Crippen LogP contribution is -1.99. The summed E-state index contributed by atoms with van der Waals surface area (Å²) < 4.78 is 29.1. The Morgan fingerprint density at radius 3 is 2.48 bits per heavy atom. The number of hydrogen-bond acceptors (Lipinski definition) is 1. The number of halogens is 3. The van der Waals surface area contributed by atoms with E-state index in [-0.39, 0.29) is 11.4 Å². The van der Waals surface area contributed by atoms with Crippen LogP contribution in [0, 0.1) is 11.6 Å². The minimum atomic E-state index is -0.680. The van der Waals surface area contributed by atoms with Crippen molar-refractivity contribution in [2.24, 2.45) is 0 Å². The molecule has 0 aliphatic rings. The summed E-state index contributed by atoms with van der Waals surface area (Å²) in [5, 5.41) is 0. The minimum Gasteiger partial charge on any atom is -0.295 e. The monoisotopic (exact) mass is 306 g/mol. The van der Waals surface area contributed by atoms with Gasteiger partial charge in [-0.2, -0.15) is 0 Å². The van der Waals surface area contributed by atoms with Gasteiger partial charge >= 0.3 is 0 Å². The molecule has 0 spiro atoms. The molecule has 0 radical (unpaired) electrons. The first-order valence-corrected chi connectivity index (χ1v) is 7.19. The first-order valence-electron chi connectivity index (χ1n) is 6.65. The van der Waals surface area contributed by atoms with Crippen LogP contribution in [0.15, 0.2) is 36.4 Å². The maximum absolute atomic E-state index is 13.9. The second kappa shape index (κ2) is 5.45. The minimum absolute atomic E-state index is 0.116. The molecule has 0 aliphatic carbocycles. The highest BCUT2D eigenvalue weighted by molar-refractivity contribution is 6.17. The number of hydrogen-bond donors (Lipinski definition) is 0. The Balaban J connectivity index is 2.28. The van der Waals surface area contributed by atoms with E-state index in [0.717, 1.165) is 18.2 Å². The molecule has 0 unspecified atom stereocenters. The summed E-state index contributed by atoms with van der Waals surface area (Å²) in [5.74, 6) is -0.709. The molecule has 21 heavy (non-hydrogen) atoms. The Bertz CT molecular complexity index is 794. The molecule has 0 saturated heterocycles. The SMILES string of the molecule is CCc1ccc(-n2c(CCl)nc3c(F)cc(F)cc32)cc1. The molecular weight excluding hydrogens is 294 g/mol. The summed E-state index contributed by atoms with van der Waals surface area (Å²) in [6.45, 7) is 2.07. The average molecular weight is 307 g/mol. The molecule has 108 valence electrons. The highest BCUT2D eigenvalue weighted by Gasteiger charge is 2.16. The predicted molar refractivity (Wildman–Crippen MR) is 79.9 cm³/mol. The Morgan fingerprint density at radius 1 is 1.14 bits per heavy atom. The van der Waals surface area contributed by atoms with Crippen molar-refractivity contribution in [2.45, 2.75) is 19.2 Å². The zero-order chi connectivity index (χ0) is 15.0. The van der Waals surface area contributed by atoms with Crippen LogP contribution >= 0.6 is 11.6 Å². The van der Waals surface area contributed by atoms with Gasteiger partial charge in [0.25, 0.3) is 0 Å². The third kappa shape index (κ3) is 2.40. The molecule has 1 aromatic heterocycles. The summed E-state index contributed by atoms with van der Waals surface area (Å²) in [7, 11) is 0. The van der Waals surface area contributed by atoms with E-state index >= 15 is 0 Å². The third-order valence-electron chi connectivity index (χ3n) is 3.47. The van der Waals surface area contributed by atoms with Crippen molar-refractivity contribution in [1.29, 1.82) is 0 Å². The van der Waals surface area contributed by atoms with Gasteiger partial charge in [-0.05, 0) is 24.1 Å². The fourth-order valence-electron chi connectivity index (χ4n) is 2.41. The van der Waals surface area contributed by atoms with Gasteiger partial charge in [-0.1, -0.05) is 19.1 Å². The van der Waals surface area contributed by atoms with Crippen molar-refractivity contribution in [3.63, 3.8) is 0 Å². The van der Waals surface area contributed by atoms with E-state index in [9.17, 15) is 8.78 Å². The molecule has 0 bridgehead atoms. The number of alkyl halides is 1. The van der Waals surface area contributed by atoms with Crippen LogP contribution in [-0.4, -0.2) is 9.55 Å². The van der Waals surface area contributed by atoms with Crippen molar-refractivity contribution >= 4 is 22.6 Å². The van der Waals surface area contributed by atoms with E-state index in [1.165, 1.54) is 11.6 Å². The molecule has 0 saturated carbocycles. The second-order valence-corrected chi connectivity index (χ2v) is 5.04. The topological polar surface area (TPSA) is 17.8 Å². The van der Waals surface area contributed by atoms with Gasteiger partial charge in [0, 0.05) is 17.8 Å². The van der Waals surface area contributed by atoms with Gasteiger partial charge in [0.1, 0.15) is 17.2 Å². The van der Waals surface area contributed by atoms with Crippen molar-refractivity contribution in [3.05, 3.63) is 59.4 Å². The summed E-state index contributed by atoms with van der Waals surface area (Å²) in [5.41, 5.74) is 2.49. The molecule has 3 aromatic rings. The average Bonchev–Trinajstić information content (AvgIpc) is 2.86. The molecule has 0 amide bonds. The Morgan fingerprint density at radius 2 is 1.86 bits per heavy atom. The largest absolute Gasteiger partial charge is 0.295 e. The summed E-state index contributed by atoms with van der Waals surface area (Å²) in [6.07, 6.45) is 0.927. The fraction of sp³-hybridized carbons (Fsp3) is 0.188. The van der Waals surface area contributed by atoms with Crippen LogP contribution in [0.25, 0.3) is 16.7 Å². The van der Waals surface area contributed by atoms with Crippen molar-refractivity contribution in [1.82, 2.24) is 9.55 Å². The lowest BCUT2D eigenvalue weighted by molar-refractivity contribution is 0.590. The van der Waals surface area contributed by atoms with E-state index in [1.807, 2.05) is 24.3 Å². The van der Waals surface area contributed by atoms with Crippen LogP contribution in [0.2, 0.25) is 0 Å². The van der Waals surface area contributed by atoms with Gasteiger partial charge in [0.2, 0.25) is 0 Å². The second-order valence-electron chi connectivity index (χ2n) is 4.77. The highest BCUT2D eigenvalue weighted by atomic mass is 35.5. The Kier molecular flexibility index (Phi) is 3.64. The van der Waals surface area contributed by atoms with Gasteiger partial charge in [-0.15, -0.1) is 11.6 Å². The van der Waals surface area contributed by atoms with Gasteiger partial charge in [-0.3, -0.25) is 4.57 Å². The summed E-state index contributed by atoms with van der Waals surface area (Å²) in [6, 6.07) is 9.87. The molecule has 0 fully saturated rings. The van der Waals surface area contributed by atoms with Gasteiger partial charge in [-0.25, -0.2) is 13.8 Å². The number of fused-ring (bicyclic) bond motifs is 1. The zero-order valence-electron chi connectivity index (χ0n) is 11.4. The van der Waals surface area contributed by atoms with Crippen LogP contribution in [0.5, 0.6) is 0 Å².